The molecule has 0 radical (unpaired) electrons. The van der Waals surface area contributed by atoms with Crippen molar-refractivity contribution in [2.24, 2.45) is 10.9 Å². The van der Waals surface area contributed by atoms with Crippen molar-refractivity contribution in [1.29, 1.82) is 0 Å². The largest absolute Gasteiger partial charge is 0.356 e. The topological polar surface area (TPSA) is 36.4 Å². The highest BCUT2D eigenvalue weighted by atomic mass is 127. The Balaban J connectivity index is 0.00000180. The summed E-state index contributed by atoms with van der Waals surface area (Å²) in [6.07, 6.45) is 2.61. The molecule has 3 nitrogen and oxygen atoms in total. The zero-order chi connectivity index (χ0) is 13.0. The second-order valence-corrected chi connectivity index (χ2v) is 5.35. The van der Waals surface area contributed by atoms with Gasteiger partial charge in [-0.15, -0.1) is 24.0 Å². The van der Waals surface area contributed by atoms with E-state index in [0.717, 1.165) is 24.0 Å². The van der Waals surface area contributed by atoms with Crippen molar-refractivity contribution >= 4 is 45.9 Å². The number of nitrogens with one attached hydrogen (secondary N) is 2. The average Bonchev–Trinajstić information content (AvgIpc) is 3.18. The molecule has 106 valence electrons. The fraction of sp³-hybridized carbons (Fsp3) is 0.462. The highest BCUT2D eigenvalue weighted by Gasteiger charge is 2.20. The third-order valence-corrected chi connectivity index (χ3v) is 3.57. The van der Waals surface area contributed by atoms with Gasteiger partial charge in [-0.05, 0) is 52.4 Å². The number of guanidine groups is 1. The van der Waals surface area contributed by atoms with E-state index in [1.807, 2.05) is 6.07 Å². The quantitative estimate of drug-likeness (QED) is 0.427. The lowest BCUT2D eigenvalue weighted by Crippen LogP contribution is -2.37. The SMILES string of the molecule is CN=C(NCc1ccc(Br)c(F)c1)NCC1CC1.I. The predicted molar refractivity (Wildman–Crippen MR) is 90.4 cm³/mol. The molecular formula is C13H18BrFIN3. The summed E-state index contributed by atoms with van der Waals surface area (Å²) in [6, 6.07) is 5.12. The third kappa shape index (κ3) is 5.64. The molecule has 1 aliphatic carbocycles. The van der Waals surface area contributed by atoms with Crippen molar-refractivity contribution in [2.45, 2.75) is 19.4 Å². The molecule has 0 bridgehead atoms. The predicted octanol–water partition coefficient (Wildman–Crippen LogP) is 3.28. The molecule has 0 aliphatic heterocycles. The van der Waals surface area contributed by atoms with Crippen LogP contribution in [-0.4, -0.2) is 19.6 Å². The normalized spacial score (nSPS) is 14.8. The smallest absolute Gasteiger partial charge is 0.191 e. The van der Waals surface area contributed by atoms with Gasteiger partial charge in [-0.2, -0.15) is 0 Å². The number of halogens is 3. The summed E-state index contributed by atoms with van der Waals surface area (Å²) in [5.74, 6) is 1.33. The summed E-state index contributed by atoms with van der Waals surface area (Å²) in [4.78, 5) is 4.13. The summed E-state index contributed by atoms with van der Waals surface area (Å²) < 4.78 is 13.8. The van der Waals surface area contributed by atoms with Gasteiger partial charge in [-0.3, -0.25) is 4.99 Å². The molecular weight excluding hydrogens is 424 g/mol. The monoisotopic (exact) mass is 441 g/mol. The molecule has 0 heterocycles. The van der Waals surface area contributed by atoms with E-state index >= 15 is 0 Å². The Morgan fingerprint density at radius 3 is 2.74 bits per heavy atom. The van der Waals surface area contributed by atoms with Crippen molar-refractivity contribution in [3.8, 4) is 0 Å². The third-order valence-electron chi connectivity index (χ3n) is 2.92. The fourth-order valence-corrected chi connectivity index (χ4v) is 1.87. The van der Waals surface area contributed by atoms with E-state index in [1.165, 1.54) is 18.9 Å². The Labute approximate surface area is 138 Å². The van der Waals surface area contributed by atoms with Gasteiger partial charge in [0.05, 0.1) is 4.47 Å². The Hall–Kier alpha value is -0.370. The number of benzene rings is 1. The van der Waals surface area contributed by atoms with Gasteiger partial charge in [0.15, 0.2) is 5.96 Å². The Morgan fingerprint density at radius 1 is 1.42 bits per heavy atom. The maximum absolute atomic E-state index is 13.3. The molecule has 0 amide bonds. The maximum Gasteiger partial charge on any atom is 0.191 e. The minimum atomic E-state index is -0.241. The van der Waals surface area contributed by atoms with Crippen LogP contribution in [0.4, 0.5) is 4.39 Å². The van der Waals surface area contributed by atoms with E-state index in [2.05, 4.69) is 31.6 Å². The zero-order valence-corrected chi connectivity index (χ0v) is 14.7. The van der Waals surface area contributed by atoms with Gasteiger partial charge in [0.2, 0.25) is 0 Å². The van der Waals surface area contributed by atoms with Crippen LogP contribution in [0.5, 0.6) is 0 Å². The van der Waals surface area contributed by atoms with Gasteiger partial charge in [0, 0.05) is 20.1 Å². The van der Waals surface area contributed by atoms with Crippen LogP contribution in [0.2, 0.25) is 0 Å². The van der Waals surface area contributed by atoms with Gasteiger partial charge in [-0.25, -0.2) is 4.39 Å². The summed E-state index contributed by atoms with van der Waals surface area (Å²) in [7, 11) is 1.74. The first-order valence-corrected chi connectivity index (χ1v) is 6.87. The van der Waals surface area contributed by atoms with Gasteiger partial charge >= 0.3 is 0 Å². The Morgan fingerprint density at radius 2 is 2.16 bits per heavy atom. The lowest BCUT2D eigenvalue weighted by atomic mass is 10.2. The van der Waals surface area contributed by atoms with E-state index in [1.54, 1.807) is 13.1 Å². The number of hydrogen-bond donors (Lipinski definition) is 2. The second kappa shape index (κ2) is 8.04. The second-order valence-electron chi connectivity index (χ2n) is 4.50. The van der Waals surface area contributed by atoms with Gasteiger partial charge in [0.1, 0.15) is 5.82 Å². The van der Waals surface area contributed by atoms with E-state index < -0.39 is 0 Å². The first-order chi connectivity index (χ1) is 8.69. The molecule has 19 heavy (non-hydrogen) atoms. The molecule has 0 aromatic heterocycles. The molecule has 0 spiro atoms. The number of nitrogens with zero attached hydrogens (tertiary/aromatic N) is 1. The molecule has 0 saturated heterocycles. The van der Waals surface area contributed by atoms with Crippen molar-refractivity contribution in [3.05, 3.63) is 34.1 Å². The molecule has 6 heteroatoms. The first-order valence-electron chi connectivity index (χ1n) is 6.07. The molecule has 1 saturated carbocycles. The molecule has 2 N–H and O–H groups in total. The van der Waals surface area contributed by atoms with Crippen molar-refractivity contribution in [3.63, 3.8) is 0 Å². The van der Waals surface area contributed by atoms with E-state index in [9.17, 15) is 4.39 Å². The van der Waals surface area contributed by atoms with Crippen LogP contribution in [-0.2, 0) is 6.54 Å². The summed E-state index contributed by atoms with van der Waals surface area (Å²) >= 11 is 3.14. The number of aliphatic imine (C=N–C) groups is 1. The zero-order valence-electron chi connectivity index (χ0n) is 10.7. The van der Waals surface area contributed by atoms with Crippen LogP contribution < -0.4 is 10.6 Å². The highest BCUT2D eigenvalue weighted by Crippen LogP contribution is 2.27. The number of hydrogen-bond acceptors (Lipinski definition) is 1. The molecule has 0 atom stereocenters. The van der Waals surface area contributed by atoms with Crippen LogP contribution in [0.15, 0.2) is 27.7 Å². The van der Waals surface area contributed by atoms with Gasteiger partial charge in [-0.1, -0.05) is 6.07 Å². The van der Waals surface area contributed by atoms with Crippen LogP contribution in [0.1, 0.15) is 18.4 Å². The minimum absolute atomic E-state index is 0. The van der Waals surface area contributed by atoms with Crippen molar-refractivity contribution in [2.75, 3.05) is 13.6 Å². The maximum atomic E-state index is 13.3. The highest BCUT2D eigenvalue weighted by molar-refractivity contribution is 14.0. The Kier molecular flexibility index (Phi) is 7.06. The van der Waals surface area contributed by atoms with Crippen LogP contribution in [0.25, 0.3) is 0 Å². The van der Waals surface area contributed by atoms with Crippen LogP contribution in [0, 0.1) is 11.7 Å². The van der Waals surface area contributed by atoms with Crippen LogP contribution in [0.3, 0.4) is 0 Å². The lowest BCUT2D eigenvalue weighted by molar-refractivity contribution is 0.617. The van der Waals surface area contributed by atoms with Crippen molar-refractivity contribution < 1.29 is 4.39 Å². The molecule has 1 aliphatic rings. The molecule has 2 rings (SSSR count). The average molecular weight is 442 g/mol. The van der Waals surface area contributed by atoms with Gasteiger partial charge < -0.3 is 10.6 Å². The van der Waals surface area contributed by atoms with Crippen LogP contribution >= 0.6 is 39.9 Å². The summed E-state index contributed by atoms with van der Waals surface area (Å²) in [5, 5.41) is 6.44. The van der Waals surface area contributed by atoms with E-state index in [-0.39, 0.29) is 29.8 Å². The molecule has 1 fully saturated rings. The summed E-state index contributed by atoms with van der Waals surface area (Å²) in [5.41, 5.74) is 0.894. The molecule has 1 aromatic rings. The van der Waals surface area contributed by atoms with Crippen molar-refractivity contribution in [1.82, 2.24) is 10.6 Å². The van der Waals surface area contributed by atoms with Gasteiger partial charge in [0.25, 0.3) is 0 Å². The standard InChI is InChI=1S/C13H17BrFN3.HI/c1-16-13(17-7-9-2-3-9)18-8-10-4-5-11(14)12(15)6-10;/h4-6,9H,2-3,7-8H2,1H3,(H2,16,17,18);1H. The molecule has 1 aromatic carbocycles. The fourth-order valence-electron chi connectivity index (χ4n) is 1.62. The van der Waals surface area contributed by atoms with E-state index in [0.29, 0.717) is 11.0 Å². The first kappa shape index (κ1) is 16.7. The molecule has 0 unspecified atom stereocenters. The minimum Gasteiger partial charge on any atom is -0.356 e. The van der Waals surface area contributed by atoms with E-state index in [4.69, 9.17) is 0 Å². The Bertz CT molecular complexity index is 450. The number of rotatable bonds is 4. The summed E-state index contributed by atoms with van der Waals surface area (Å²) in [6.45, 7) is 1.53. The lowest BCUT2D eigenvalue weighted by Gasteiger charge is -2.11.